The Labute approximate surface area is 185 Å². The molecule has 4 rings (SSSR count). The van der Waals surface area contributed by atoms with E-state index in [1.54, 1.807) is 0 Å². The number of amidine groups is 1. The van der Waals surface area contributed by atoms with E-state index < -0.39 is 59.4 Å². The van der Waals surface area contributed by atoms with Crippen LogP contribution >= 0.6 is 0 Å². The van der Waals surface area contributed by atoms with Gasteiger partial charge in [-0.15, -0.1) is 0 Å². The van der Waals surface area contributed by atoms with Crippen LogP contribution in [0.15, 0.2) is 53.5 Å². The molecular formula is C20H12F8N4O2. The predicted molar refractivity (Wildman–Crippen MR) is 101 cm³/mol. The fourth-order valence-electron chi connectivity index (χ4n) is 3.91. The minimum atomic E-state index is -6.11. The summed E-state index contributed by atoms with van der Waals surface area (Å²) in [5, 5.41) is 2.83. The number of carbonyl (C=O) groups excluding carboxylic acids is 2. The molecule has 0 unspecified atom stereocenters. The summed E-state index contributed by atoms with van der Waals surface area (Å²) in [5.74, 6) is -7.48. The molecule has 2 N–H and O–H groups in total. The van der Waals surface area contributed by atoms with E-state index >= 15 is 0 Å². The predicted octanol–water partition coefficient (Wildman–Crippen LogP) is 3.88. The van der Waals surface area contributed by atoms with E-state index in [-0.39, 0.29) is 11.3 Å². The van der Waals surface area contributed by atoms with Crippen LogP contribution in [0.3, 0.4) is 0 Å². The first-order valence-corrected chi connectivity index (χ1v) is 9.41. The van der Waals surface area contributed by atoms with Gasteiger partial charge in [-0.1, -0.05) is 0 Å². The van der Waals surface area contributed by atoms with E-state index in [0.717, 1.165) is 48.5 Å². The second-order valence-corrected chi connectivity index (χ2v) is 7.45. The molecule has 0 aromatic heterocycles. The van der Waals surface area contributed by atoms with Crippen molar-refractivity contribution in [2.75, 3.05) is 4.90 Å². The molecule has 0 aliphatic carbocycles. The van der Waals surface area contributed by atoms with Gasteiger partial charge in [-0.25, -0.2) is 18.6 Å². The Bertz CT molecular complexity index is 1150. The van der Waals surface area contributed by atoms with Crippen LogP contribution in [0.2, 0.25) is 0 Å². The number of hydrogen-bond donors (Lipinski definition) is 2. The fourth-order valence-corrected chi connectivity index (χ4v) is 3.91. The van der Waals surface area contributed by atoms with Gasteiger partial charge < -0.3 is 5.32 Å². The van der Waals surface area contributed by atoms with Crippen LogP contribution < -0.4 is 15.5 Å². The van der Waals surface area contributed by atoms with E-state index in [2.05, 4.69) is 4.99 Å². The average molecular weight is 492 g/mol. The van der Waals surface area contributed by atoms with Crippen molar-refractivity contribution in [2.24, 2.45) is 10.9 Å². The van der Waals surface area contributed by atoms with Gasteiger partial charge in [-0.2, -0.15) is 26.3 Å². The number of anilines is 1. The standard InChI is InChI=1S/C20H12F8N4O2/c21-10-3-1-9(2-4-10)14-29-15-13(18(31-14,19(23,24)25)20(26,27)28)16(33)30-17(34)32(15)12-7-5-11(22)6-8-12/h1-8,13,15H,(H,29,31)(H,30,33,34)/t13-,15-/m1/s1. The fraction of sp³-hybridized carbons (Fsp3) is 0.250. The third-order valence-electron chi connectivity index (χ3n) is 5.45. The van der Waals surface area contributed by atoms with Crippen LogP contribution in [0.5, 0.6) is 0 Å². The Balaban J connectivity index is 2.00. The number of rotatable bonds is 2. The highest BCUT2D eigenvalue weighted by molar-refractivity contribution is 6.10. The van der Waals surface area contributed by atoms with Crippen LogP contribution in [0.25, 0.3) is 0 Å². The molecule has 2 aliphatic rings. The zero-order valence-corrected chi connectivity index (χ0v) is 16.5. The summed E-state index contributed by atoms with van der Waals surface area (Å²) >= 11 is 0. The van der Waals surface area contributed by atoms with Crippen LogP contribution in [-0.2, 0) is 4.79 Å². The maximum absolute atomic E-state index is 14.2. The molecule has 1 saturated heterocycles. The average Bonchev–Trinajstić information content (AvgIpc) is 2.73. The number of urea groups is 1. The topological polar surface area (TPSA) is 73.8 Å². The molecule has 3 amide bonds. The summed E-state index contributed by atoms with van der Waals surface area (Å²) in [7, 11) is 0. The lowest BCUT2D eigenvalue weighted by Gasteiger charge is -2.51. The number of imide groups is 1. The van der Waals surface area contributed by atoms with Crippen molar-refractivity contribution in [3.05, 3.63) is 65.7 Å². The molecule has 0 radical (unpaired) electrons. The number of alkyl halides is 6. The van der Waals surface area contributed by atoms with Gasteiger partial charge in [0.15, 0.2) is 0 Å². The van der Waals surface area contributed by atoms with Crippen molar-refractivity contribution in [2.45, 2.75) is 24.1 Å². The Kier molecular flexibility index (Phi) is 5.29. The molecule has 0 spiro atoms. The second kappa shape index (κ2) is 7.67. The first-order chi connectivity index (χ1) is 15.8. The molecule has 0 bridgehead atoms. The lowest BCUT2D eigenvalue weighted by molar-refractivity contribution is -0.318. The number of nitrogens with one attached hydrogen (secondary N) is 2. The molecule has 2 atom stereocenters. The van der Waals surface area contributed by atoms with Crippen molar-refractivity contribution in [1.82, 2.24) is 10.6 Å². The van der Waals surface area contributed by atoms with Gasteiger partial charge in [-0.3, -0.25) is 15.0 Å². The highest BCUT2D eigenvalue weighted by Crippen LogP contribution is 2.52. The monoisotopic (exact) mass is 492 g/mol. The van der Waals surface area contributed by atoms with Gasteiger partial charge in [0.1, 0.15) is 29.6 Å². The Morgan fingerprint density at radius 2 is 1.32 bits per heavy atom. The molecule has 2 aromatic rings. The van der Waals surface area contributed by atoms with Gasteiger partial charge >= 0.3 is 18.4 Å². The van der Waals surface area contributed by atoms with E-state index in [1.165, 1.54) is 10.6 Å². The van der Waals surface area contributed by atoms with Crippen LogP contribution in [0.4, 0.5) is 45.6 Å². The van der Waals surface area contributed by atoms with Gasteiger partial charge in [-0.05, 0) is 48.5 Å². The maximum Gasteiger partial charge on any atom is 0.421 e. The third-order valence-corrected chi connectivity index (χ3v) is 5.45. The van der Waals surface area contributed by atoms with E-state index in [1.807, 2.05) is 0 Å². The minimum absolute atomic E-state index is 0.316. The third kappa shape index (κ3) is 3.53. The summed E-state index contributed by atoms with van der Waals surface area (Å²) in [4.78, 5) is 29.3. The Morgan fingerprint density at radius 1 is 0.824 bits per heavy atom. The van der Waals surface area contributed by atoms with Crippen molar-refractivity contribution in [3.8, 4) is 0 Å². The summed E-state index contributed by atoms with van der Waals surface area (Å²) in [6.45, 7) is 0. The molecule has 34 heavy (non-hydrogen) atoms. The largest absolute Gasteiger partial charge is 0.421 e. The molecular weight excluding hydrogens is 480 g/mol. The van der Waals surface area contributed by atoms with Crippen LogP contribution in [0.1, 0.15) is 5.56 Å². The van der Waals surface area contributed by atoms with Gasteiger partial charge in [0.05, 0.1) is 0 Å². The number of hydrogen-bond acceptors (Lipinski definition) is 4. The number of carbonyl (C=O) groups is 2. The highest BCUT2D eigenvalue weighted by atomic mass is 19.4. The van der Waals surface area contributed by atoms with Crippen molar-refractivity contribution >= 4 is 23.5 Å². The van der Waals surface area contributed by atoms with E-state index in [4.69, 9.17) is 0 Å². The number of aliphatic imine (C=N–C) groups is 1. The van der Waals surface area contributed by atoms with Gasteiger partial charge in [0, 0.05) is 11.3 Å². The highest BCUT2D eigenvalue weighted by Gasteiger charge is 2.80. The number of amides is 3. The van der Waals surface area contributed by atoms with Gasteiger partial charge in [0.25, 0.3) is 0 Å². The second-order valence-electron chi connectivity index (χ2n) is 7.45. The van der Waals surface area contributed by atoms with Gasteiger partial charge in [0.2, 0.25) is 11.4 Å². The maximum atomic E-state index is 14.2. The normalized spacial score (nSPS) is 22.5. The van der Waals surface area contributed by atoms with E-state index in [9.17, 15) is 44.7 Å². The van der Waals surface area contributed by atoms with Crippen molar-refractivity contribution in [3.63, 3.8) is 0 Å². The summed E-state index contributed by atoms with van der Waals surface area (Å²) in [6, 6.07) is 5.47. The molecule has 2 heterocycles. The van der Waals surface area contributed by atoms with Crippen LogP contribution in [0, 0.1) is 17.6 Å². The molecule has 0 saturated carbocycles. The summed E-state index contributed by atoms with van der Waals surface area (Å²) in [6.07, 6.45) is -14.6. The lowest BCUT2D eigenvalue weighted by Crippen LogP contribution is -2.81. The molecule has 1 fully saturated rings. The number of benzene rings is 2. The Morgan fingerprint density at radius 3 is 1.82 bits per heavy atom. The number of fused-ring (bicyclic) bond motifs is 1. The number of halogens is 8. The lowest BCUT2D eigenvalue weighted by atomic mass is 9.76. The smallest absolute Gasteiger partial charge is 0.348 e. The molecule has 180 valence electrons. The summed E-state index contributed by atoms with van der Waals surface area (Å²) in [5.41, 5.74) is -5.56. The quantitative estimate of drug-likeness (QED) is 0.626. The molecule has 14 heteroatoms. The number of nitrogens with zero attached hydrogens (tertiary/aromatic N) is 2. The van der Waals surface area contributed by atoms with Crippen molar-refractivity contribution < 1.29 is 44.7 Å². The molecule has 2 aliphatic heterocycles. The Hall–Kier alpha value is -3.71. The first kappa shape index (κ1) is 23.4. The first-order valence-electron chi connectivity index (χ1n) is 9.41. The zero-order valence-electron chi connectivity index (χ0n) is 16.5. The minimum Gasteiger partial charge on any atom is -0.348 e. The zero-order chi connectivity index (χ0) is 25.1. The van der Waals surface area contributed by atoms with E-state index in [0.29, 0.717) is 4.90 Å². The molecule has 6 nitrogen and oxygen atoms in total. The van der Waals surface area contributed by atoms with Crippen molar-refractivity contribution in [1.29, 1.82) is 0 Å². The summed E-state index contributed by atoms with van der Waals surface area (Å²) < 4.78 is 112. The molecule has 2 aromatic carbocycles. The van der Waals surface area contributed by atoms with Crippen LogP contribution in [-0.4, -0.2) is 41.8 Å². The SMILES string of the molecule is O=C1NC(=O)N(c2ccc(F)cc2)[C@H]2N=C(c3ccc(F)cc3)NC(C(F)(F)F)(C(F)(F)F)[C@@H]12.